The number of hydrogen-bond acceptors (Lipinski definition) is 2. The van der Waals surface area contributed by atoms with Crippen LogP contribution in [0, 0.1) is 11.3 Å². The molecule has 0 aromatic heterocycles. The van der Waals surface area contributed by atoms with E-state index >= 15 is 0 Å². The van der Waals surface area contributed by atoms with Gasteiger partial charge in [-0.25, -0.2) is 0 Å². The van der Waals surface area contributed by atoms with Crippen molar-refractivity contribution in [1.29, 1.82) is 0 Å². The molecule has 2 heteroatoms. The Kier molecular flexibility index (Phi) is 3.13. The third-order valence-corrected chi connectivity index (χ3v) is 3.82. The minimum Gasteiger partial charge on any atom is -0.381 e. The van der Waals surface area contributed by atoms with E-state index in [-0.39, 0.29) is 0 Å². The quantitative estimate of drug-likeness (QED) is 0.749. The first-order valence-electron chi connectivity index (χ1n) is 5.99. The van der Waals surface area contributed by atoms with Gasteiger partial charge < -0.3 is 10.1 Å². The van der Waals surface area contributed by atoms with Crippen molar-refractivity contribution in [3.63, 3.8) is 0 Å². The number of nitrogens with one attached hydrogen (secondary N) is 1. The van der Waals surface area contributed by atoms with Gasteiger partial charge in [-0.15, -0.1) is 0 Å². The molecule has 1 saturated carbocycles. The van der Waals surface area contributed by atoms with Crippen LogP contribution in [0.4, 0.5) is 0 Å². The van der Waals surface area contributed by atoms with E-state index in [0.717, 1.165) is 19.1 Å². The lowest BCUT2D eigenvalue weighted by molar-refractivity contribution is 0.142. The van der Waals surface area contributed by atoms with Crippen molar-refractivity contribution >= 4 is 0 Å². The van der Waals surface area contributed by atoms with Crippen LogP contribution in [0.5, 0.6) is 0 Å². The Morgan fingerprint density at radius 1 is 1.29 bits per heavy atom. The summed E-state index contributed by atoms with van der Waals surface area (Å²) in [6.07, 6.45) is 5.13. The molecule has 2 nitrogen and oxygen atoms in total. The molecule has 0 radical (unpaired) electrons. The lowest BCUT2D eigenvalue weighted by Crippen LogP contribution is -2.31. The van der Waals surface area contributed by atoms with E-state index < -0.39 is 0 Å². The van der Waals surface area contributed by atoms with Gasteiger partial charge in [0.15, 0.2) is 0 Å². The highest BCUT2D eigenvalue weighted by atomic mass is 16.5. The second kappa shape index (κ2) is 4.19. The summed E-state index contributed by atoms with van der Waals surface area (Å²) in [4.78, 5) is 0. The van der Waals surface area contributed by atoms with Crippen LogP contribution in [0.25, 0.3) is 0 Å². The average molecular weight is 197 g/mol. The Hall–Kier alpha value is -0.0800. The molecule has 0 amide bonds. The zero-order valence-corrected chi connectivity index (χ0v) is 9.51. The predicted molar refractivity (Wildman–Crippen MR) is 58.3 cm³/mol. The van der Waals surface area contributed by atoms with E-state index in [1.165, 1.54) is 32.2 Å². The Balaban J connectivity index is 1.65. The van der Waals surface area contributed by atoms with Gasteiger partial charge in [0.05, 0.1) is 0 Å². The normalized spacial score (nSPS) is 36.4. The molecule has 82 valence electrons. The number of ether oxygens (including phenoxy) is 1. The molecule has 1 aliphatic heterocycles. The molecular weight excluding hydrogens is 174 g/mol. The van der Waals surface area contributed by atoms with Gasteiger partial charge in [0, 0.05) is 19.3 Å². The molecule has 0 bridgehead atoms. The van der Waals surface area contributed by atoms with Gasteiger partial charge in [0.25, 0.3) is 0 Å². The third kappa shape index (κ3) is 2.71. The molecule has 14 heavy (non-hydrogen) atoms. The van der Waals surface area contributed by atoms with Crippen molar-refractivity contribution < 1.29 is 4.74 Å². The van der Waals surface area contributed by atoms with Crippen molar-refractivity contribution in [2.24, 2.45) is 11.3 Å². The van der Waals surface area contributed by atoms with Crippen LogP contribution in [0.2, 0.25) is 0 Å². The van der Waals surface area contributed by atoms with E-state index in [9.17, 15) is 0 Å². The molecule has 1 aliphatic carbocycles. The first-order valence-corrected chi connectivity index (χ1v) is 5.99. The average Bonchev–Trinajstić information content (AvgIpc) is 2.81. The fourth-order valence-electron chi connectivity index (χ4n) is 2.34. The summed E-state index contributed by atoms with van der Waals surface area (Å²) in [5.41, 5.74) is 0.619. The van der Waals surface area contributed by atoms with E-state index in [1.54, 1.807) is 0 Å². The molecule has 0 aromatic carbocycles. The molecule has 2 fully saturated rings. The Bertz CT molecular complexity index is 183. The number of rotatable bonds is 3. The molecule has 2 aliphatic rings. The summed E-state index contributed by atoms with van der Waals surface area (Å²) >= 11 is 0. The maximum absolute atomic E-state index is 5.45. The summed E-state index contributed by atoms with van der Waals surface area (Å²) in [6, 6.07) is 0.717. The summed E-state index contributed by atoms with van der Waals surface area (Å²) in [5.74, 6) is 0.923. The molecule has 1 saturated heterocycles. The van der Waals surface area contributed by atoms with E-state index in [1.807, 2.05) is 0 Å². The van der Waals surface area contributed by atoms with Crippen LogP contribution in [0.1, 0.15) is 39.5 Å². The smallest absolute Gasteiger partial charge is 0.0480 e. The summed E-state index contributed by atoms with van der Waals surface area (Å²) in [5, 5.41) is 3.70. The molecule has 2 atom stereocenters. The minimum atomic E-state index is 0.619. The van der Waals surface area contributed by atoms with Crippen molar-refractivity contribution in [1.82, 2.24) is 5.32 Å². The summed E-state index contributed by atoms with van der Waals surface area (Å²) < 4.78 is 5.45. The van der Waals surface area contributed by atoms with Crippen LogP contribution < -0.4 is 5.32 Å². The van der Waals surface area contributed by atoms with Crippen LogP contribution in [-0.4, -0.2) is 25.8 Å². The second-order valence-corrected chi connectivity index (χ2v) is 5.54. The van der Waals surface area contributed by atoms with Crippen molar-refractivity contribution in [2.75, 3.05) is 19.8 Å². The SMILES string of the molecule is CC1(C)CC1CNC1CCCOCC1. The van der Waals surface area contributed by atoms with Gasteiger partial charge in [-0.2, -0.15) is 0 Å². The molecule has 0 spiro atoms. The van der Waals surface area contributed by atoms with E-state index in [0.29, 0.717) is 11.5 Å². The molecule has 2 unspecified atom stereocenters. The first kappa shape index (κ1) is 10.4. The zero-order chi connectivity index (χ0) is 10.0. The molecule has 2 rings (SSSR count). The van der Waals surface area contributed by atoms with Gasteiger partial charge in [0.2, 0.25) is 0 Å². The summed E-state index contributed by atoms with van der Waals surface area (Å²) in [6.45, 7) is 7.88. The fourth-order valence-corrected chi connectivity index (χ4v) is 2.34. The third-order valence-electron chi connectivity index (χ3n) is 3.82. The Morgan fingerprint density at radius 2 is 2.07 bits per heavy atom. The Labute approximate surface area is 87.4 Å². The Morgan fingerprint density at radius 3 is 2.79 bits per heavy atom. The van der Waals surface area contributed by atoms with Gasteiger partial charge in [0.1, 0.15) is 0 Å². The first-order chi connectivity index (χ1) is 6.68. The predicted octanol–water partition coefficient (Wildman–Crippen LogP) is 2.19. The monoisotopic (exact) mass is 197 g/mol. The lowest BCUT2D eigenvalue weighted by Gasteiger charge is -2.15. The van der Waals surface area contributed by atoms with E-state index in [4.69, 9.17) is 4.74 Å². The van der Waals surface area contributed by atoms with E-state index in [2.05, 4.69) is 19.2 Å². The van der Waals surface area contributed by atoms with Crippen LogP contribution >= 0.6 is 0 Å². The van der Waals surface area contributed by atoms with Gasteiger partial charge in [-0.1, -0.05) is 13.8 Å². The summed E-state index contributed by atoms with van der Waals surface area (Å²) in [7, 11) is 0. The van der Waals surface area contributed by atoms with Crippen molar-refractivity contribution in [2.45, 2.75) is 45.6 Å². The highest BCUT2D eigenvalue weighted by Crippen LogP contribution is 2.51. The lowest BCUT2D eigenvalue weighted by atomic mass is 10.1. The molecular formula is C12H23NO. The largest absolute Gasteiger partial charge is 0.381 e. The highest BCUT2D eigenvalue weighted by Gasteiger charge is 2.44. The minimum absolute atomic E-state index is 0.619. The zero-order valence-electron chi connectivity index (χ0n) is 9.51. The molecule has 1 heterocycles. The maximum atomic E-state index is 5.45. The van der Waals surface area contributed by atoms with Gasteiger partial charge in [-0.05, 0) is 43.6 Å². The second-order valence-electron chi connectivity index (χ2n) is 5.54. The molecule has 1 N–H and O–H groups in total. The van der Waals surface area contributed by atoms with Gasteiger partial charge >= 0.3 is 0 Å². The highest BCUT2D eigenvalue weighted by molar-refractivity contribution is 4.96. The standard InChI is InChI=1S/C12H23NO/c1-12(2)8-10(12)9-13-11-4-3-6-14-7-5-11/h10-11,13H,3-9H2,1-2H3. The van der Waals surface area contributed by atoms with Crippen LogP contribution in [-0.2, 0) is 4.74 Å². The van der Waals surface area contributed by atoms with Crippen LogP contribution in [0.15, 0.2) is 0 Å². The number of hydrogen-bond donors (Lipinski definition) is 1. The van der Waals surface area contributed by atoms with Gasteiger partial charge in [-0.3, -0.25) is 0 Å². The van der Waals surface area contributed by atoms with Crippen molar-refractivity contribution in [3.05, 3.63) is 0 Å². The fraction of sp³-hybridized carbons (Fsp3) is 1.00. The maximum Gasteiger partial charge on any atom is 0.0480 e. The molecule has 0 aromatic rings. The van der Waals surface area contributed by atoms with Crippen LogP contribution in [0.3, 0.4) is 0 Å². The van der Waals surface area contributed by atoms with Crippen molar-refractivity contribution in [3.8, 4) is 0 Å². The topological polar surface area (TPSA) is 21.3 Å².